The molecule has 100 valence electrons. The van der Waals surface area contributed by atoms with Gasteiger partial charge in [0, 0.05) is 26.9 Å². The van der Waals surface area contributed by atoms with Gasteiger partial charge in [0.1, 0.15) is 0 Å². The zero-order valence-electron chi connectivity index (χ0n) is 10.8. The van der Waals surface area contributed by atoms with Crippen LogP contribution in [0.15, 0.2) is 0 Å². The summed E-state index contributed by atoms with van der Waals surface area (Å²) in [6, 6.07) is -0.144. The van der Waals surface area contributed by atoms with Crippen molar-refractivity contribution in [1.29, 1.82) is 0 Å². The van der Waals surface area contributed by atoms with Crippen LogP contribution in [0, 0.1) is 5.92 Å². The van der Waals surface area contributed by atoms with Crippen molar-refractivity contribution in [2.45, 2.75) is 25.8 Å². The first-order valence-electron chi connectivity index (χ1n) is 6.31. The van der Waals surface area contributed by atoms with Crippen molar-refractivity contribution in [3.05, 3.63) is 0 Å². The van der Waals surface area contributed by atoms with Gasteiger partial charge in [0.2, 0.25) is 5.91 Å². The van der Waals surface area contributed by atoms with Crippen molar-refractivity contribution in [3.63, 3.8) is 0 Å². The maximum atomic E-state index is 11.6. The van der Waals surface area contributed by atoms with E-state index in [-0.39, 0.29) is 11.9 Å². The van der Waals surface area contributed by atoms with Gasteiger partial charge in [-0.3, -0.25) is 4.79 Å². The standard InChI is InChI=1S/C12H24N2O3/c1-10(12(15)14-6-8-16-2)13-5-3-11-4-7-17-9-11/h10-11,13H,3-9H2,1-2H3,(H,14,15). The third kappa shape index (κ3) is 6.00. The van der Waals surface area contributed by atoms with Gasteiger partial charge in [-0.1, -0.05) is 0 Å². The van der Waals surface area contributed by atoms with Crippen molar-refractivity contribution in [3.8, 4) is 0 Å². The largest absolute Gasteiger partial charge is 0.383 e. The van der Waals surface area contributed by atoms with E-state index in [0.29, 0.717) is 19.1 Å². The van der Waals surface area contributed by atoms with E-state index < -0.39 is 0 Å². The molecule has 1 aliphatic rings. The number of rotatable bonds is 8. The summed E-state index contributed by atoms with van der Waals surface area (Å²) in [4.78, 5) is 11.6. The Hall–Kier alpha value is -0.650. The monoisotopic (exact) mass is 244 g/mol. The molecule has 0 radical (unpaired) electrons. The van der Waals surface area contributed by atoms with Crippen LogP contribution in [-0.2, 0) is 14.3 Å². The number of amides is 1. The highest BCUT2D eigenvalue weighted by Gasteiger charge is 2.16. The smallest absolute Gasteiger partial charge is 0.236 e. The molecule has 1 rings (SSSR count). The molecular weight excluding hydrogens is 220 g/mol. The average molecular weight is 244 g/mol. The van der Waals surface area contributed by atoms with E-state index in [1.807, 2.05) is 6.92 Å². The van der Waals surface area contributed by atoms with Crippen LogP contribution in [-0.4, -0.2) is 52.0 Å². The van der Waals surface area contributed by atoms with E-state index in [4.69, 9.17) is 9.47 Å². The number of methoxy groups -OCH3 is 1. The van der Waals surface area contributed by atoms with E-state index in [1.165, 1.54) is 0 Å². The van der Waals surface area contributed by atoms with Gasteiger partial charge in [-0.05, 0) is 32.2 Å². The summed E-state index contributed by atoms with van der Waals surface area (Å²) in [6.45, 7) is 5.63. The molecule has 0 spiro atoms. The maximum Gasteiger partial charge on any atom is 0.236 e. The van der Waals surface area contributed by atoms with E-state index in [0.717, 1.165) is 32.6 Å². The van der Waals surface area contributed by atoms with Crippen molar-refractivity contribution >= 4 is 5.91 Å². The molecule has 0 aromatic heterocycles. The Morgan fingerprint density at radius 2 is 2.35 bits per heavy atom. The fourth-order valence-corrected chi connectivity index (χ4v) is 1.84. The lowest BCUT2D eigenvalue weighted by molar-refractivity contribution is -0.122. The Morgan fingerprint density at radius 3 is 3.00 bits per heavy atom. The molecule has 1 aliphatic heterocycles. The molecule has 2 atom stereocenters. The first-order valence-corrected chi connectivity index (χ1v) is 6.31. The Kier molecular flexibility index (Phi) is 7.16. The zero-order valence-corrected chi connectivity index (χ0v) is 10.8. The molecule has 17 heavy (non-hydrogen) atoms. The van der Waals surface area contributed by atoms with Crippen LogP contribution in [0.3, 0.4) is 0 Å². The molecule has 0 bridgehead atoms. The molecule has 5 heteroatoms. The summed E-state index contributed by atoms with van der Waals surface area (Å²) >= 11 is 0. The molecule has 2 N–H and O–H groups in total. The average Bonchev–Trinajstić information content (AvgIpc) is 2.82. The lowest BCUT2D eigenvalue weighted by atomic mass is 10.1. The highest BCUT2D eigenvalue weighted by Crippen LogP contribution is 2.15. The van der Waals surface area contributed by atoms with Gasteiger partial charge < -0.3 is 20.1 Å². The molecular formula is C12H24N2O3. The van der Waals surface area contributed by atoms with Crippen LogP contribution in [0.1, 0.15) is 19.8 Å². The number of hydrogen-bond donors (Lipinski definition) is 2. The summed E-state index contributed by atoms with van der Waals surface area (Å²) in [5.74, 6) is 0.691. The van der Waals surface area contributed by atoms with Crippen LogP contribution in [0.25, 0.3) is 0 Å². The highest BCUT2D eigenvalue weighted by molar-refractivity contribution is 5.81. The Morgan fingerprint density at radius 1 is 1.53 bits per heavy atom. The fourth-order valence-electron chi connectivity index (χ4n) is 1.84. The van der Waals surface area contributed by atoms with Gasteiger partial charge >= 0.3 is 0 Å². The first kappa shape index (κ1) is 14.4. The minimum absolute atomic E-state index is 0.0321. The Balaban J connectivity index is 2.02. The van der Waals surface area contributed by atoms with Crippen molar-refractivity contribution in [2.24, 2.45) is 5.92 Å². The van der Waals surface area contributed by atoms with Crippen LogP contribution in [0.4, 0.5) is 0 Å². The lowest BCUT2D eigenvalue weighted by Crippen LogP contribution is -2.43. The lowest BCUT2D eigenvalue weighted by Gasteiger charge is -2.15. The summed E-state index contributed by atoms with van der Waals surface area (Å²) < 4.78 is 10.2. The summed E-state index contributed by atoms with van der Waals surface area (Å²) in [6.07, 6.45) is 2.23. The molecule has 1 fully saturated rings. The van der Waals surface area contributed by atoms with Gasteiger partial charge in [-0.15, -0.1) is 0 Å². The van der Waals surface area contributed by atoms with Crippen LogP contribution in [0.2, 0.25) is 0 Å². The molecule has 1 heterocycles. The van der Waals surface area contributed by atoms with Gasteiger partial charge in [-0.25, -0.2) is 0 Å². The molecule has 2 unspecified atom stereocenters. The highest BCUT2D eigenvalue weighted by atomic mass is 16.5. The number of hydrogen-bond acceptors (Lipinski definition) is 4. The zero-order chi connectivity index (χ0) is 12.5. The van der Waals surface area contributed by atoms with Gasteiger partial charge in [0.15, 0.2) is 0 Å². The first-order chi connectivity index (χ1) is 8.24. The van der Waals surface area contributed by atoms with Crippen molar-refractivity contribution in [1.82, 2.24) is 10.6 Å². The van der Waals surface area contributed by atoms with E-state index in [2.05, 4.69) is 10.6 Å². The van der Waals surface area contributed by atoms with Gasteiger partial charge in [0.25, 0.3) is 0 Å². The summed E-state index contributed by atoms with van der Waals surface area (Å²) in [5.41, 5.74) is 0. The predicted molar refractivity (Wildman–Crippen MR) is 65.9 cm³/mol. The SMILES string of the molecule is COCCNC(=O)C(C)NCCC1CCOC1. The normalized spacial score (nSPS) is 21.4. The van der Waals surface area contributed by atoms with Crippen LogP contribution >= 0.6 is 0 Å². The minimum atomic E-state index is -0.144. The second-order valence-corrected chi connectivity index (χ2v) is 4.48. The molecule has 0 saturated carbocycles. The van der Waals surface area contributed by atoms with Gasteiger partial charge in [-0.2, -0.15) is 0 Å². The van der Waals surface area contributed by atoms with Crippen molar-refractivity contribution in [2.75, 3.05) is 40.0 Å². The number of carbonyl (C=O) groups is 1. The summed E-state index contributed by atoms with van der Waals surface area (Å²) in [5, 5.41) is 6.04. The molecule has 1 saturated heterocycles. The molecule has 0 aromatic carbocycles. The second kappa shape index (κ2) is 8.44. The third-order valence-corrected chi connectivity index (χ3v) is 3.03. The number of carbonyl (C=O) groups excluding carboxylic acids is 1. The molecule has 0 aliphatic carbocycles. The Labute approximate surface area is 103 Å². The third-order valence-electron chi connectivity index (χ3n) is 3.03. The Bertz CT molecular complexity index is 218. The maximum absolute atomic E-state index is 11.6. The van der Waals surface area contributed by atoms with Crippen LogP contribution in [0.5, 0.6) is 0 Å². The fraction of sp³-hybridized carbons (Fsp3) is 0.917. The minimum Gasteiger partial charge on any atom is -0.383 e. The van der Waals surface area contributed by atoms with Crippen molar-refractivity contribution < 1.29 is 14.3 Å². The second-order valence-electron chi connectivity index (χ2n) is 4.48. The quantitative estimate of drug-likeness (QED) is 0.597. The topological polar surface area (TPSA) is 59.6 Å². The summed E-state index contributed by atoms with van der Waals surface area (Å²) in [7, 11) is 1.62. The number of nitrogens with one attached hydrogen (secondary N) is 2. The van der Waals surface area contributed by atoms with Crippen LogP contribution < -0.4 is 10.6 Å². The molecule has 5 nitrogen and oxygen atoms in total. The number of ether oxygens (including phenoxy) is 2. The van der Waals surface area contributed by atoms with E-state index >= 15 is 0 Å². The molecule has 1 amide bonds. The van der Waals surface area contributed by atoms with Gasteiger partial charge in [0.05, 0.1) is 12.6 Å². The van der Waals surface area contributed by atoms with E-state index in [9.17, 15) is 4.79 Å². The predicted octanol–water partition coefficient (Wildman–Crippen LogP) is 0.154. The molecule has 0 aromatic rings. The van der Waals surface area contributed by atoms with E-state index in [1.54, 1.807) is 7.11 Å².